The maximum Gasteiger partial charge on any atom is 0.329 e. The number of Topliss-reactive ketones (excluding diaryl/α,β-unsaturated/α-hetero) is 2. The highest BCUT2D eigenvalue weighted by Crippen LogP contribution is 2.41. The van der Waals surface area contributed by atoms with Gasteiger partial charge in [0.2, 0.25) is 11.8 Å². The highest BCUT2D eigenvalue weighted by Gasteiger charge is 2.40. The van der Waals surface area contributed by atoms with Crippen molar-refractivity contribution in [2.75, 3.05) is 89.6 Å². The Bertz CT molecular complexity index is 3850. The summed E-state index contributed by atoms with van der Waals surface area (Å²) >= 11 is 0. The van der Waals surface area contributed by atoms with Gasteiger partial charge in [-0.25, -0.2) is 9.59 Å². The molecule has 6 aromatic carbocycles. The molecule has 2 amide bonds. The van der Waals surface area contributed by atoms with Crippen molar-refractivity contribution in [2.45, 2.75) is 180 Å². The second kappa shape index (κ2) is 39.0. The maximum atomic E-state index is 14.7. The third-order valence-electron chi connectivity index (χ3n) is 20.2. The first-order valence-corrected chi connectivity index (χ1v) is 36.5. The number of rotatable bonds is 38. The lowest BCUT2D eigenvalue weighted by Gasteiger charge is -2.37. The van der Waals surface area contributed by atoms with E-state index in [9.17, 15) is 28.8 Å². The number of esters is 2. The number of piperidine rings is 2. The van der Waals surface area contributed by atoms with Gasteiger partial charge in [-0.2, -0.15) is 0 Å². The molecule has 103 heavy (non-hydrogen) atoms. The Morgan fingerprint density at radius 1 is 0.456 bits per heavy atom. The number of carbonyl (C=O) groups excluding carboxylic acids is 6. The fraction of sp³-hybridized carbons (Fsp3) is 0.500. The number of hydrogen-bond donors (Lipinski definition) is 0. The normalized spacial score (nSPS) is 16.0. The zero-order valence-corrected chi connectivity index (χ0v) is 63.2. The number of nitrogens with zero attached hydrogens (tertiary/aromatic N) is 3. The van der Waals surface area contributed by atoms with E-state index < -0.39 is 48.1 Å². The Kier molecular flexibility index (Phi) is 30.1. The van der Waals surface area contributed by atoms with Gasteiger partial charge in [-0.05, 0) is 242 Å². The quantitative estimate of drug-likeness (QED) is 0.0331. The summed E-state index contributed by atoms with van der Waals surface area (Å²) in [6, 6.07) is 32.7. The van der Waals surface area contributed by atoms with E-state index in [0.717, 1.165) is 59.1 Å². The van der Waals surface area contributed by atoms with Crippen LogP contribution in [0.4, 0.5) is 0 Å². The van der Waals surface area contributed by atoms with Gasteiger partial charge in [-0.1, -0.05) is 74.5 Å². The largest absolute Gasteiger partial charge is 0.493 e. The molecule has 2 saturated heterocycles. The Labute approximate surface area is 610 Å². The monoisotopic (exact) mass is 1420 g/mol. The van der Waals surface area contributed by atoms with Crippen LogP contribution in [0.2, 0.25) is 0 Å². The topological polar surface area (TPSA) is 204 Å². The molecule has 0 aromatic heterocycles. The minimum atomic E-state index is -0.808. The minimum absolute atomic E-state index is 0.0141. The van der Waals surface area contributed by atoms with E-state index >= 15 is 0 Å². The van der Waals surface area contributed by atoms with E-state index in [1.165, 1.54) is 11.1 Å². The molecule has 556 valence electrons. The lowest BCUT2D eigenvalue weighted by atomic mass is 9.91. The van der Waals surface area contributed by atoms with Crippen LogP contribution in [-0.2, 0) is 51.1 Å². The highest BCUT2D eigenvalue weighted by molar-refractivity contribution is 5.90. The number of aryl methyl sites for hydroxylation is 6. The first-order chi connectivity index (χ1) is 49.6. The molecule has 2 aliphatic heterocycles. The number of benzene rings is 6. The molecule has 2 heterocycles. The van der Waals surface area contributed by atoms with Crippen LogP contribution in [0.25, 0.3) is 0 Å². The van der Waals surface area contributed by atoms with Gasteiger partial charge < -0.3 is 62.1 Å². The van der Waals surface area contributed by atoms with Gasteiger partial charge in [-0.3, -0.25) is 19.2 Å². The number of amides is 2. The van der Waals surface area contributed by atoms with E-state index in [1.54, 1.807) is 70.7 Å². The smallest absolute Gasteiger partial charge is 0.329 e. The van der Waals surface area contributed by atoms with Crippen molar-refractivity contribution in [3.05, 3.63) is 165 Å². The van der Waals surface area contributed by atoms with Crippen LogP contribution >= 0.6 is 0 Å². The van der Waals surface area contributed by atoms with Gasteiger partial charge in [0.15, 0.2) is 46.1 Å². The molecule has 8 rings (SSSR count). The van der Waals surface area contributed by atoms with Crippen LogP contribution in [0.3, 0.4) is 0 Å². The van der Waals surface area contributed by atoms with Gasteiger partial charge in [0, 0.05) is 32.5 Å². The van der Waals surface area contributed by atoms with Crippen LogP contribution in [0.5, 0.6) is 46.0 Å². The Morgan fingerprint density at radius 3 is 1.32 bits per heavy atom. The molecule has 6 aromatic rings. The van der Waals surface area contributed by atoms with Gasteiger partial charge in [0.05, 0.1) is 54.5 Å². The summed E-state index contributed by atoms with van der Waals surface area (Å²) < 4.78 is 59.1. The van der Waals surface area contributed by atoms with Gasteiger partial charge in [0.1, 0.15) is 49.0 Å². The third-order valence-corrected chi connectivity index (χ3v) is 20.2. The zero-order chi connectivity index (χ0) is 74.3. The van der Waals surface area contributed by atoms with Crippen molar-refractivity contribution in [3.63, 3.8) is 0 Å². The van der Waals surface area contributed by atoms with Crippen molar-refractivity contribution < 1.29 is 76.1 Å². The molecule has 0 radical (unpaired) electrons. The van der Waals surface area contributed by atoms with Gasteiger partial charge in [-0.15, -0.1) is 0 Å². The second-order valence-electron chi connectivity index (χ2n) is 27.7. The van der Waals surface area contributed by atoms with E-state index in [-0.39, 0.29) is 55.4 Å². The Morgan fingerprint density at radius 2 is 0.903 bits per heavy atom. The molecule has 0 aliphatic carbocycles. The van der Waals surface area contributed by atoms with Crippen LogP contribution in [0, 0.1) is 33.6 Å². The minimum Gasteiger partial charge on any atom is -0.493 e. The van der Waals surface area contributed by atoms with E-state index in [2.05, 4.69) is 36.9 Å². The van der Waals surface area contributed by atoms with Crippen LogP contribution < -0.4 is 37.9 Å². The summed E-state index contributed by atoms with van der Waals surface area (Å²) in [5, 5.41) is 0. The fourth-order valence-corrected chi connectivity index (χ4v) is 14.4. The number of likely N-dealkylation sites (tertiary alicyclic amines) is 2. The molecular weight excluding hydrogens is 1310 g/mol. The SMILES string of the molecule is CC[C@H](C(=O)N1CCCCC1C(=O)O[C@H](CCc1ccc(OC)c(OC)c1)c1cccc(OCC(=O)CCC(CCC(=O)COc2cccc([C@@H](CCc3ccc(C)c(C)c3)OC(=O)[C@@H]3CCCCN3C(=O)[C@@H](CC)c3cc(C)c(OC)c(OC)c3)c2)CN(C)C)c1)c1cc(C)c(OC)c(OC)c1. The van der Waals surface area contributed by atoms with Crippen LogP contribution in [0.1, 0.15) is 183 Å². The van der Waals surface area contributed by atoms with Crippen molar-refractivity contribution in [3.8, 4) is 46.0 Å². The van der Waals surface area contributed by atoms with E-state index in [4.69, 9.17) is 47.4 Å². The number of hydrogen-bond acceptors (Lipinski definition) is 17. The number of methoxy groups -OCH3 is 6. The molecule has 0 bridgehead atoms. The lowest BCUT2D eigenvalue weighted by Crippen LogP contribution is -2.50. The summed E-state index contributed by atoms with van der Waals surface area (Å²) in [5.74, 6) is 1.86. The van der Waals surface area contributed by atoms with Crippen molar-refractivity contribution in [2.24, 2.45) is 5.92 Å². The molecule has 2 aliphatic rings. The molecule has 19 nitrogen and oxygen atoms in total. The number of ether oxygens (including phenoxy) is 10. The molecule has 2 unspecified atom stereocenters. The summed E-state index contributed by atoms with van der Waals surface area (Å²) in [5.41, 5.74) is 9.04. The second-order valence-corrected chi connectivity index (χ2v) is 27.7. The molecule has 0 N–H and O–H groups in total. The molecule has 2 fully saturated rings. The standard InChI is InChI=1S/C84H109N3O16/c1-15-69(63-44-56(5)79(98-13)77(49-63)96-11)81(90)86-41-19-17-27-71(86)83(92)102-73(38-33-58-30-29-54(3)55(4)43-58)61-23-21-25-67(47-61)100-52-65(88)36-31-60(51-85(7)8)32-37-66(89)53-101-68-26-22-24-62(48-68)74(39-34-59-35-40-75(94-9)76(46-59)95-10)103-84(93)72-28-18-20-42-87(72)82(91)70(16-2)64-45-57(6)80(99-14)78(50-64)97-12/h21-26,29-30,35,40,43-50,60,69-74H,15-20,27-28,31-34,36-39,41-42,51-53H2,1-14H3/t60?,69-,70-,71-,72?,73+,74+/m0/s1. The Balaban J connectivity index is 0.893. The zero-order valence-electron chi connectivity index (χ0n) is 63.2. The molecular formula is C84H109N3O16. The van der Waals surface area contributed by atoms with Gasteiger partial charge >= 0.3 is 11.9 Å². The molecule has 0 saturated carbocycles. The highest BCUT2D eigenvalue weighted by atomic mass is 16.6. The van der Waals surface area contributed by atoms with Crippen molar-refractivity contribution in [1.82, 2.24) is 14.7 Å². The van der Waals surface area contributed by atoms with E-state index in [0.29, 0.717) is 141 Å². The van der Waals surface area contributed by atoms with Crippen molar-refractivity contribution in [1.29, 1.82) is 0 Å². The molecule has 0 spiro atoms. The average molecular weight is 1420 g/mol. The predicted molar refractivity (Wildman–Crippen MR) is 398 cm³/mol. The summed E-state index contributed by atoms with van der Waals surface area (Å²) in [7, 11) is 13.4. The van der Waals surface area contributed by atoms with Crippen molar-refractivity contribution >= 4 is 35.3 Å². The van der Waals surface area contributed by atoms with E-state index in [1.807, 2.05) is 115 Å². The lowest BCUT2D eigenvalue weighted by molar-refractivity contribution is -0.162. The van der Waals surface area contributed by atoms with Crippen LogP contribution in [-0.4, -0.2) is 152 Å². The molecule has 7 atom stereocenters. The van der Waals surface area contributed by atoms with Crippen LogP contribution in [0.15, 0.2) is 109 Å². The number of ketones is 2. The summed E-state index contributed by atoms with van der Waals surface area (Å²) in [4.78, 5) is 91.6. The first-order valence-electron chi connectivity index (χ1n) is 36.5. The first kappa shape index (κ1) is 79.6. The molecule has 19 heteroatoms. The fourth-order valence-electron chi connectivity index (χ4n) is 14.4. The van der Waals surface area contributed by atoms with Gasteiger partial charge in [0.25, 0.3) is 0 Å². The predicted octanol–water partition coefficient (Wildman–Crippen LogP) is 14.9. The Hall–Kier alpha value is -9.10. The average Bonchev–Trinajstić information content (AvgIpc) is 0.800. The number of carbonyl (C=O) groups is 6. The summed E-state index contributed by atoms with van der Waals surface area (Å²) in [6.07, 6.45) is 7.04. The summed E-state index contributed by atoms with van der Waals surface area (Å²) in [6.45, 7) is 13.1. The third kappa shape index (κ3) is 21.5. The maximum absolute atomic E-state index is 14.7.